The Kier molecular flexibility index (Phi) is 8.33. The van der Waals surface area contributed by atoms with Crippen molar-refractivity contribution in [1.29, 1.82) is 0 Å². The first-order chi connectivity index (χ1) is 16.4. The van der Waals surface area contributed by atoms with Gasteiger partial charge in [-0.2, -0.15) is 5.10 Å². The molecular formula is C23H21FN4O6. The summed E-state index contributed by atoms with van der Waals surface area (Å²) in [7, 11) is 1.42. The van der Waals surface area contributed by atoms with Crippen molar-refractivity contribution in [3.05, 3.63) is 78.0 Å². The lowest BCUT2D eigenvalue weighted by Crippen LogP contribution is -2.37. The fourth-order valence-corrected chi connectivity index (χ4v) is 2.63. The van der Waals surface area contributed by atoms with Crippen molar-refractivity contribution in [2.24, 2.45) is 5.10 Å². The van der Waals surface area contributed by atoms with Crippen LogP contribution in [0.5, 0.6) is 11.5 Å². The number of hydrogen-bond acceptors (Lipinski definition) is 7. The summed E-state index contributed by atoms with van der Waals surface area (Å²) in [5.41, 5.74) is 3.09. The van der Waals surface area contributed by atoms with Crippen LogP contribution in [0.15, 0.2) is 70.4 Å². The second-order valence-corrected chi connectivity index (χ2v) is 6.72. The molecule has 0 fully saturated rings. The number of methoxy groups -OCH3 is 1. The minimum atomic E-state index is -0.943. The van der Waals surface area contributed by atoms with Gasteiger partial charge in [-0.3, -0.25) is 14.4 Å². The van der Waals surface area contributed by atoms with Crippen LogP contribution < -0.4 is 25.5 Å². The van der Waals surface area contributed by atoms with E-state index in [-0.39, 0.29) is 13.2 Å². The zero-order valence-corrected chi connectivity index (χ0v) is 18.0. The Balaban J connectivity index is 1.48. The minimum absolute atomic E-state index is 0.0730. The molecule has 176 valence electrons. The quantitative estimate of drug-likeness (QED) is 0.251. The van der Waals surface area contributed by atoms with Gasteiger partial charge in [0.15, 0.2) is 18.1 Å². The Hall–Kier alpha value is -4.67. The number of anilines is 1. The number of benzene rings is 2. The maximum Gasteiger partial charge on any atom is 0.329 e. The van der Waals surface area contributed by atoms with Crippen LogP contribution in [0.4, 0.5) is 10.1 Å². The van der Waals surface area contributed by atoms with Gasteiger partial charge in [0.25, 0.3) is 5.91 Å². The second-order valence-electron chi connectivity index (χ2n) is 6.72. The Morgan fingerprint density at radius 1 is 1.06 bits per heavy atom. The SMILES string of the molecule is COc1cc(/C=N\NC(=O)C(=O)NCc2ccco2)ccc1OCC(=O)Nc1ccc(F)cc1. The zero-order chi connectivity index (χ0) is 24.3. The monoisotopic (exact) mass is 468 g/mol. The summed E-state index contributed by atoms with van der Waals surface area (Å²) in [5, 5.41) is 8.72. The van der Waals surface area contributed by atoms with E-state index in [1.165, 1.54) is 43.9 Å². The average molecular weight is 468 g/mol. The highest BCUT2D eigenvalue weighted by Crippen LogP contribution is 2.27. The van der Waals surface area contributed by atoms with Crippen LogP contribution in [-0.2, 0) is 20.9 Å². The number of rotatable bonds is 9. The molecule has 1 aromatic heterocycles. The Bertz CT molecular complexity index is 1160. The van der Waals surface area contributed by atoms with Crippen LogP contribution in [0.1, 0.15) is 11.3 Å². The standard InChI is InChI=1S/C23H21FN4O6/c1-32-20-11-15(12-26-28-23(31)22(30)25-13-18-3-2-10-33-18)4-9-19(20)34-14-21(29)27-17-7-5-16(24)6-8-17/h2-12H,13-14H2,1H3,(H,25,30)(H,27,29)(H,28,31)/b26-12-. The highest BCUT2D eigenvalue weighted by Gasteiger charge is 2.13. The highest BCUT2D eigenvalue weighted by atomic mass is 19.1. The van der Waals surface area contributed by atoms with Gasteiger partial charge in [0.1, 0.15) is 11.6 Å². The normalized spacial score (nSPS) is 10.5. The van der Waals surface area contributed by atoms with E-state index in [1.54, 1.807) is 30.3 Å². The third-order valence-corrected chi connectivity index (χ3v) is 4.26. The van der Waals surface area contributed by atoms with E-state index in [4.69, 9.17) is 13.9 Å². The molecule has 0 atom stereocenters. The molecule has 0 bridgehead atoms. The number of furan rings is 1. The maximum absolute atomic E-state index is 12.9. The molecule has 1 heterocycles. The molecule has 0 saturated carbocycles. The van der Waals surface area contributed by atoms with E-state index in [2.05, 4.69) is 21.2 Å². The number of hydrogen-bond donors (Lipinski definition) is 3. The summed E-state index contributed by atoms with van der Waals surface area (Å²) < 4.78 is 28.8. The molecule has 0 aliphatic heterocycles. The van der Waals surface area contributed by atoms with Crippen LogP contribution in [0.2, 0.25) is 0 Å². The van der Waals surface area contributed by atoms with Crippen molar-refractivity contribution in [2.45, 2.75) is 6.54 Å². The summed E-state index contributed by atoms with van der Waals surface area (Å²) >= 11 is 0. The number of nitrogens with one attached hydrogen (secondary N) is 3. The van der Waals surface area contributed by atoms with Gasteiger partial charge in [0, 0.05) is 5.69 Å². The lowest BCUT2D eigenvalue weighted by molar-refractivity contribution is -0.139. The largest absolute Gasteiger partial charge is 0.493 e. The van der Waals surface area contributed by atoms with Crippen molar-refractivity contribution in [3.63, 3.8) is 0 Å². The highest BCUT2D eigenvalue weighted by molar-refractivity contribution is 6.35. The van der Waals surface area contributed by atoms with Crippen LogP contribution in [-0.4, -0.2) is 37.7 Å². The lowest BCUT2D eigenvalue weighted by atomic mass is 10.2. The second kappa shape index (κ2) is 11.8. The number of carbonyl (C=O) groups is 3. The number of nitrogens with zero attached hydrogens (tertiary/aromatic N) is 1. The van der Waals surface area contributed by atoms with Gasteiger partial charge in [0.2, 0.25) is 0 Å². The smallest absolute Gasteiger partial charge is 0.329 e. The predicted octanol–water partition coefficient (Wildman–Crippen LogP) is 2.21. The van der Waals surface area contributed by atoms with Gasteiger partial charge < -0.3 is 24.5 Å². The van der Waals surface area contributed by atoms with Gasteiger partial charge in [-0.1, -0.05) is 0 Å². The van der Waals surface area contributed by atoms with E-state index in [1.807, 2.05) is 0 Å². The fraction of sp³-hybridized carbons (Fsp3) is 0.130. The molecule has 2 aromatic carbocycles. The first-order valence-corrected chi connectivity index (χ1v) is 9.94. The van der Waals surface area contributed by atoms with Gasteiger partial charge in [0.05, 0.1) is 26.1 Å². The number of halogens is 1. The molecule has 0 radical (unpaired) electrons. The van der Waals surface area contributed by atoms with Gasteiger partial charge >= 0.3 is 11.8 Å². The average Bonchev–Trinajstić information content (AvgIpc) is 3.36. The summed E-state index contributed by atoms with van der Waals surface area (Å²) in [6, 6.07) is 13.4. The molecule has 0 spiro atoms. The molecule has 3 N–H and O–H groups in total. The number of carbonyl (C=O) groups excluding carboxylic acids is 3. The van der Waals surface area contributed by atoms with E-state index < -0.39 is 23.5 Å². The van der Waals surface area contributed by atoms with Crippen molar-refractivity contribution in [3.8, 4) is 11.5 Å². The Morgan fingerprint density at radius 2 is 1.85 bits per heavy atom. The van der Waals surface area contributed by atoms with E-state index in [0.29, 0.717) is 28.5 Å². The summed E-state index contributed by atoms with van der Waals surface area (Å²) in [6.07, 6.45) is 2.77. The number of ether oxygens (including phenoxy) is 2. The predicted molar refractivity (Wildman–Crippen MR) is 120 cm³/mol. The van der Waals surface area contributed by atoms with Gasteiger partial charge in [-0.15, -0.1) is 0 Å². The summed E-state index contributed by atoms with van der Waals surface area (Å²) in [4.78, 5) is 35.6. The molecule has 34 heavy (non-hydrogen) atoms. The van der Waals surface area contributed by atoms with Crippen molar-refractivity contribution >= 4 is 29.6 Å². The fourth-order valence-electron chi connectivity index (χ4n) is 2.63. The molecular weight excluding hydrogens is 447 g/mol. The summed E-state index contributed by atoms with van der Waals surface area (Å²) in [6.45, 7) is -0.228. The van der Waals surface area contributed by atoms with Crippen LogP contribution in [0.3, 0.4) is 0 Å². The molecule has 0 unspecified atom stereocenters. The zero-order valence-electron chi connectivity index (χ0n) is 18.0. The van der Waals surface area contributed by atoms with E-state index >= 15 is 0 Å². The molecule has 0 aliphatic rings. The van der Waals surface area contributed by atoms with Crippen molar-refractivity contribution in [1.82, 2.24) is 10.7 Å². The van der Waals surface area contributed by atoms with Crippen LogP contribution in [0.25, 0.3) is 0 Å². The molecule has 3 aromatic rings. The summed E-state index contributed by atoms with van der Waals surface area (Å²) in [5.74, 6) is -1.53. The maximum atomic E-state index is 12.9. The number of amides is 3. The molecule has 3 amide bonds. The topological polar surface area (TPSA) is 131 Å². The van der Waals surface area contributed by atoms with Crippen LogP contribution in [0, 0.1) is 5.82 Å². The molecule has 0 saturated heterocycles. The van der Waals surface area contributed by atoms with Crippen molar-refractivity contribution < 1.29 is 32.7 Å². The van der Waals surface area contributed by atoms with E-state index in [0.717, 1.165) is 0 Å². The minimum Gasteiger partial charge on any atom is -0.493 e. The molecule has 0 aliphatic carbocycles. The third kappa shape index (κ3) is 7.19. The first kappa shape index (κ1) is 24.0. The number of hydrazone groups is 1. The Morgan fingerprint density at radius 3 is 2.56 bits per heavy atom. The first-order valence-electron chi connectivity index (χ1n) is 9.94. The third-order valence-electron chi connectivity index (χ3n) is 4.26. The lowest BCUT2D eigenvalue weighted by Gasteiger charge is -2.11. The Labute approximate surface area is 193 Å². The van der Waals surface area contributed by atoms with Gasteiger partial charge in [-0.25, -0.2) is 9.82 Å². The molecule has 10 nitrogen and oxygen atoms in total. The van der Waals surface area contributed by atoms with Crippen molar-refractivity contribution in [2.75, 3.05) is 19.0 Å². The molecule has 11 heteroatoms. The van der Waals surface area contributed by atoms with Crippen LogP contribution >= 0.6 is 0 Å². The molecule has 3 rings (SSSR count). The van der Waals surface area contributed by atoms with Gasteiger partial charge in [-0.05, 0) is 60.2 Å². The van der Waals surface area contributed by atoms with E-state index in [9.17, 15) is 18.8 Å².